The summed E-state index contributed by atoms with van der Waals surface area (Å²) >= 11 is 12.3. The molecule has 0 unspecified atom stereocenters. The lowest BCUT2D eigenvalue weighted by Gasteiger charge is -2.49. The van der Waals surface area contributed by atoms with Crippen molar-refractivity contribution in [3.8, 4) is 0 Å². The Bertz CT molecular complexity index is 1800. The predicted molar refractivity (Wildman–Crippen MR) is 147 cm³/mol. The summed E-state index contributed by atoms with van der Waals surface area (Å²) < 4.78 is 109. The summed E-state index contributed by atoms with van der Waals surface area (Å²) in [4.78, 5) is 21.6. The number of carboxylic acids is 2. The van der Waals surface area contributed by atoms with Gasteiger partial charge in [-0.2, -0.15) is 8.61 Å². The number of carbonyl (C=O) groups is 2. The second-order valence-corrected chi connectivity index (χ2v) is 18.7. The molecule has 0 bridgehead atoms. The van der Waals surface area contributed by atoms with E-state index >= 15 is 0 Å². The molecule has 14 nitrogen and oxygen atoms in total. The molecule has 5 rings (SSSR count). The number of carboxylic acid groups (broad SMARTS) is 2. The second-order valence-electron chi connectivity index (χ2n) is 9.99. The van der Waals surface area contributed by atoms with E-state index in [1.54, 1.807) is 0 Å². The van der Waals surface area contributed by atoms with Gasteiger partial charge in [0.1, 0.15) is 9.79 Å². The van der Waals surface area contributed by atoms with Gasteiger partial charge in [-0.15, -0.1) is 0 Å². The zero-order valence-electron chi connectivity index (χ0n) is 20.9. The van der Waals surface area contributed by atoms with Crippen molar-refractivity contribution in [1.29, 1.82) is 0 Å². The topological polar surface area (TPSA) is 218 Å². The molecule has 2 N–H and O–H groups in total. The van der Waals surface area contributed by atoms with Crippen molar-refractivity contribution in [3.63, 3.8) is 0 Å². The maximum Gasteiger partial charge on any atom is 0.335 e. The SMILES string of the molecule is O=C(O)c1ccc(Cl)c(S(=O)(=O)N2[C@@H]3CS(=O)(=O)C[C@@H]3N(S(=O)(=O)c3cc(C(=O)O)ccc3Cl)[C@@H]3CS(=O)(=O)C[C@@H]32)c1. The van der Waals surface area contributed by atoms with E-state index in [1.165, 1.54) is 0 Å². The van der Waals surface area contributed by atoms with Crippen molar-refractivity contribution in [2.24, 2.45) is 0 Å². The molecular weight excluding hydrogens is 683 g/mol. The Labute approximate surface area is 250 Å². The average molecular weight is 704 g/mol. The van der Waals surface area contributed by atoms with Crippen molar-refractivity contribution in [2.75, 3.05) is 23.0 Å². The molecule has 2 aromatic carbocycles. The van der Waals surface area contributed by atoms with E-state index < -0.39 is 130 Å². The molecule has 0 aromatic heterocycles. The fraction of sp³-hybridized carbons (Fsp3) is 0.364. The molecule has 3 aliphatic rings. The molecule has 0 saturated carbocycles. The molecule has 3 heterocycles. The molecular formula is C22H20Cl2N2O12S4. The summed E-state index contributed by atoms with van der Waals surface area (Å²) in [5.41, 5.74) is -0.948. The summed E-state index contributed by atoms with van der Waals surface area (Å²) in [6.45, 7) is 0. The number of fused-ring (bicyclic) bond motifs is 2. The van der Waals surface area contributed by atoms with Gasteiger partial charge >= 0.3 is 11.9 Å². The van der Waals surface area contributed by atoms with Crippen LogP contribution in [0.3, 0.4) is 0 Å². The van der Waals surface area contributed by atoms with Gasteiger partial charge in [0.2, 0.25) is 20.0 Å². The predicted octanol–water partition coefficient (Wildman–Crippen LogP) is 0.416. The minimum atomic E-state index is -4.93. The summed E-state index contributed by atoms with van der Waals surface area (Å²) in [6.07, 6.45) is 0. The zero-order valence-corrected chi connectivity index (χ0v) is 25.6. The number of nitrogens with zero attached hydrogens (tertiary/aromatic N) is 2. The summed E-state index contributed by atoms with van der Waals surface area (Å²) in [5.74, 6) is -6.53. The molecule has 0 spiro atoms. The van der Waals surface area contributed by atoms with E-state index in [2.05, 4.69) is 0 Å². The molecule has 0 radical (unpaired) electrons. The summed E-state index contributed by atoms with van der Waals surface area (Å²) in [7, 11) is -18.1. The molecule has 42 heavy (non-hydrogen) atoms. The van der Waals surface area contributed by atoms with Crippen LogP contribution in [0.1, 0.15) is 20.7 Å². The number of rotatable bonds is 6. The zero-order chi connectivity index (χ0) is 31.2. The van der Waals surface area contributed by atoms with Crippen LogP contribution in [0, 0.1) is 0 Å². The highest BCUT2D eigenvalue weighted by Crippen LogP contribution is 2.44. The first-order chi connectivity index (χ1) is 19.3. The lowest BCUT2D eigenvalue weighted by molar-refractivity contribution is 0.0685. The first-order valence-electron chi connectivity index (χ1n) is 11.8. The number of sulfonamides is 2. The molecule has 3 aliphatic heterocycles. The van der Waals surface area contributed by atoms with Gasteiger partial charge in [0.25, 0.3) is 0 Å². The van der Waals surface area contributed by atoms with Crippen LogP contribution in [0.15, 0.2) is 46.2 Å². The molecule has 3 saturated heterocycles. The average Bonchev–Trinajstić information content (AvgIpc) is 3.34. The number of benzene rings is 2. The Kier molecular flexibility index (Phi) is 7.49. The Morgan fingerprint density at radius 1 is 0.643 bits per heavy atom. The fourth-order valence-corrected chi connectivity index (χ4v) is 14.7. The van der Waals surface area contributed by atoms with Crippen LogP contribution >= 0.6 is 23.2 Å². The second kappa shape index (κ2) is 10.1. The smallest absolute Gasteiger partial charge is 0.335 e. The quantitative estimate of drug-likeness (QED) is 0.418. The van der Waals surface area contributed by atoms with Gasteiger partial charge in [-0.1, -0.05) is 23.2 Å². The van der Waals surface area contributed by atoms with E-state index in [1.807, 2.05) is 0 Å². The molecule has 2 aromatic rings. The van der Waals surface area contributed by atoms with E-state index in [9.17, 15) is 53.5 Å². The number of sulfone groups is 2. The van der Waals surface area contributed by atoms with Crippen LogP contribution in [0.2, 0.25) is 10.0 Å². The van der Waals surface area contributed by atoms with E-state index in [0.29, 0.717) is 8.61 Å². The van der Waals surface area contributed by atoms with Gasteiger partial charge < -0.3 is 10.2 Å². The Morgan fingerprint density at radius 3 is 1.19 bits per heavy atom. The molecule has 0 amide bonds. The van der Waals surface area contributed by atoms with Crippen molar-refractivity contribution in [3.05, 3.63) is 57.6 Å². The third-order valence-corrected chi connectivity index (χ3v) is 15.6. The van der Waals surface area contributed by atoms with Gasteiger partial charge in [0.15, 0.2) is 19.7 Å². The van der Waals surface area contributed by atoms with Crippen LogP contribution < -0.4 is 0 Å². The minimum absolute atomic E-state index is 0.429. The first kappa shape index (κ1) is 31.1. The molecule has 0 aliphatic carbocycles. The normalized spacial score (nSPS) is 27.3. The van der Waals surface area contributed by atoms with Gasteiger partial charge in [-0.25, -0.2) is 43.3 Å². The number of aromatic carboxylic acids is 2. The van der Waals surface area contributed by atoms with E-state index in [-0.39, 0.29) is 0 Å². The summed E-state index contributed by atoms with van der Waals surface area (Å²) in [5, 5.41) is 17.9. The minimum Gasteiger partial charge on any atom is -0.478 e. The maximum absolute atomic E-state index is 14.1. The van der Waals surface area contributed by atoms with Crippen LogP contribution in [0.25, 0.3) is 0 Å². The highest BCUT2D eigenvalue weighted by Gasteiger charge is 2.64. The highest BCUT2D eigenvalue weighted by atomic mass is 35.5. The fourth-order valence-electron chi connectivity index (χ4n) is 5.69. The lowest BCUT2D eigenvalue weighted by atomic mass is 10.0. The third-order valence-electron chi connectivity index (χ3n) is 7.36. The monoisotopic (exact) mass is 702 g/mol. The van der Waals surface area contributed by atoms with Crippen LogP contribution in [-0.2, 0) is 39.7 Å². The summed E-state index contributed by atoms with van der Waals surface area (Å²) in [6, 6.07) is -1.00. The van der Waals surface area contributed by atoms with Crippen LogP contribution in [-0.4, -0.2) is 112 Å². The van der Waals surface area contributed by atoms with Crippen LogP contribution in [0.5, 0.6) is 0 Å². The highest BCUT2D eigenvalue weighted by molar-refractivity contribution is 7.93. The Hall–Kier alpha value is -2.32. The number of piperazine rings is 1. The number of halogens is 2. The largest absolute Gasteiger partial charge is 0.478 e. The van der Waals surface area contributed by atoms with Gasteiger partial charge in [0.05, 0.1) is 68.4 Å². The Morgan fingerprint density at radius 2 is 0.929 bits per heavy atom. The molecule has 20 heteroatoms. The molecule has 3 fully saturated rings. The van der Waals surface area contributed by atoms with Crippen LogP contribution in [0.4, 0.5) is 0 Å². The van der Waals surface area contributed by atoms with Gasteiger partial charge in [-0.3, -0.25) is 0 Å². The van der Waals surface area contributed by atoms with Crippen molar-refractivity contribution >= 4 is 74.9 Å². The third kappa shape index (κ3) is 5.10. The number of hydrogen-bond acceptors (Lipinski definition) is 10. The van der Waals surface area contributed by atoms with Crippen molar-refractivity contribution in [2.45, 2.75) is 34.0 Å². The maximum atomic E-state index is 14.1. The lowest BCUT2D eigenvalue weighted by Crippen LogP contribution is -2.69. The van der Waals surface area contributed by atoms with Gasteiger partial charge in [0, 0.05) is 0 Å². The first-order valence-corrected chi connectivity index (χ1v) is 19.1. The standard InChI is InChI=1S/C22H20Cl2N2O12S4/c23-13-3-1-11(21(27)28)5-19(13)41(35,36)25-15-7-39(31,32)9-17(15)26(18-10-40(33,34)8-16(18)25)42(37,38)20-6-12(22(29)30)2-4-14(20)24/h1-6,15-18H,7-10H2,(H,27,28)(H,29,30)/t15-,16+,17+,18-. The Balaban J connectivity index is 1.74. The molecule has 228 valence electrons. The van der Waals surface area contributed by atoms with Gasteiger partial charge in [-0.05, 0) is 36.4 Å². The molecule has 4 atom stereocenters. The van der Waals surface area contributed by atoms with E-state index in [4.69, 9.17) is 23.2 Å². The van der Waals surface area contributed by atoms with Crippen molar-refractivity contribution < 1.29 is 53.5 Å². The number of hydrogen-bond donors (Lipinski definition) is 2. The van der Waals surface area contributed by atoms with E-state index in [0.717, 1.165) is 36.4 Å². The van der Waals surface area contributed by atoms with Crippen molar-refractivity contribution in [1.82, 2.24) is 8.61 Å².